The molecule has 2 bridgehead atoms. The molecule has 1 amide bonds. The van der Waals surface area contributed by atoms with Crippen LogP contribution in [0.2, 0.25) is 0 Å². The lowest BCUT2D eigenvalue weighted by Crippen LogP contribution is -2.42. The quantitative estimate of drug-likeness (QED) is 0.887. The molecule has 2 unspecified atom stereocenters. The Hall–Kier alpha value is -1.40. The molecule has 21 heavy (non-hydrogen) atoms. The average Bonchev–Trinajstić information content (AvgIpc) is 2.70. The number of hydrogen-bond acceptors (Lipinski definition) is 4. The summed E-state index contributed by atoms with van der Waals surface area (Å²) in [5, 5.41) is 3.37. The Morgan fingerprint density at radius 2 is 1.81 bits per heavy atom. The lowest BCUT2D eigenvalue weighted by molar-refractivity contribution is 0.0680. The molecular weight excluding hydrogens is 288 g/mol. The Labute approximate surface area is 125 Å². The highest BCUT2D eigenvalue weighted by Gasteiger charge is 2.38. The van der Waals surface area contributed by atoms with E-state index in [2.05, 4.69) is 5.32 Å². The van der Waals surface area contributed by atoms with Crippen LogP contribution in [-0.2, 0) is 9.84 Å². The molecule has 1 N–H and O–H groups in total. The van der Waals surface area contributed by atoms with Crippen molar-refractivity contribution in [2.75, 3.05) is 19.3 Å². The molecule has 2 atom stereocenters. The third-order valence-corrected chi connectivity index (χ3v) is 5.55. The van der Waals surface area contributed by atoms with Gasteiger partial charge >= 0.3 is 0 Å². The van der Waals surface area contributed by atoms with E-state index in [9.17, 15) is 13.2 Å². The highest BCUT2D eigenvalue weighted by Crippen LogP contribution is 2.29. The number of benzene rings is 1. The topological polar surface area (TPSA) is 66.5 Å². The number of nitrogens with zero attached hydrogens (tertiary/aromatic N) is 1. The molecule has 3 rings (SSSR count). The molecule has 6 heteroatoms. The summed E-state index contributed by atoms with van der Waals surface area (Å²) in [6.45, 7) is 1.81. The average molecular weight is 308 g/mol. The minimum absolute atomic E-state index is 0.0197. The van der Waals surface area contributed by atoms with Crippen LogP contribution in [0.5, 0.6) is 0 Å². The molecule has 2 fully saturated rings. The van der Waals surface area contributed by atoms with Crippen LogP contribution in [0.25, 0.3) is 0 Å². The van der Waals surface area contributed by atoms with Gasteiger partial charge < -0.3 is 10.2 Å². The van der Waals surface area contributed by atoms with Gasteiger partial charge in [-0.1, -0.05) is 0 Å². The van der Waals surface area contributed by atoms with E-state index in [1.54, 1.807) is 12.1 Å². The minimum atomic E-state index is -3.22. The van der Waals surface area contributed by atoms with Crippen molar-refractivity contribution in [1.82, 2.24) is 10.2 Å². The number of sulfone groups is 1. The summed E-state index contributed by atoms with van der Waals surface area (Å²) in [6, 6.07) is 6.85. The lowest BCUT2D eigenvalue weighted by Gasteiger charge is -2.28. The van der Waals surface area contributed by atoms with Crippen molar-refractivity contribution >= 4 is 15.7 Å². The number of hydrogen-bond donors (Lipinski definition) is 1. The van der Waals surface area contributed by atoms with E-state index in [-0.39, 0.29) is 16.8 Å². The van der Waals surface area contributed by atoms with Crippen LogP contribution in [0.1, 0.15) is 29.6 Å². The van der Waals surface area contributed by atoms with Gasteiger partial charge in [0.05, 0.1) is 4.90 Å². The van der Waals surface area contributed by atoms with Gasteiger partial charge in [-0.15, -0.1) is 0 Å². The van der Waals surface area contributed by atoms with E-state index in [4.69, 9.17) is 0 Å². The second-order valence-corrected chi connectivity index (χ2v) is 7.90. The first-order valence-electron chi connectivity index (χ1n) is 7.30. The van der Waals surface area contributed by atoms with Gasteiger partial charge in [-0.2, -0.15) is 0 Å². The molecule has 1 aromatic rings. The molecule has 0 radical (unpaired) electrons. The number of amides is 1. The van der Waals surface area contributed by atoms with Gasteiger partial charge in [0.2, 0.25) is 0 Å². The second-order valence-electron chi connectivity index (χ2n) is 5.89. The summed E-state index contributed by atoms with van der Waals surface area (Å²) in [5.74, 6) is 0.0197. The van der Waals surface area contributed by atoms with Crippen LogP contribution in [0.4, 0.5) is 0 Å². The van der Waals surface area contributed by atoms with E-state index in [1.165, 1.54) is 18.4 Å². The van der Waals surface area contributed by atoms with E-state index in [0.717, 1.165) is 32.4 Å². The fourth-order valence-electron chi connectivity index (χ4n) is 3.31. The maximum atomic E-state index is 12.7. The zero-order valence-corrected chi connectivity index (χ0v) is 12.9. The molecule has 1 aromatic carbocycles. The van der Waals surface area contributed by atoms with Crippen LogP contribution >= 0.6 is 0 Å². The van der Waals surface area contributed by atoms with Gasteiger partial charge in [0, 0.05) is 30.4 Å². The smallest absolute Gasteiger partial charge is 0.254 e. The Kier molecular flexibility index (Phi) is 3.75. The zero-order valence-electron chi connectivity index (χ0n) is 12.1. The Bertz CT molecular complexity index is 625. The van der Waals surface area contributed by atoms with E-state index < -0.39 is 9.84 Å². The molecular formula is C15H20N2O3S. The predicted octanol–water partition coefficient (Wildman–Crippen LogP) is 1.06. The van der Waals surface area contributed by atoms with Crippen molar-refractivity contribution < 1.29 is 13.2 Å². The van der Waals surface area contributed by atoms with Crippen LogP contribution in [0.15, 0.2) is 29.2 Å². The van der Waals surface area contributed by atoms with Crippen molar-refractivity contribution in [3.05, 3.63) is 29.8 Å². The summed E-state index contributed by atoms with van der Waals surface area (Å²) in [4.78, 5) is 15.0. The Morgan fingerprint density at radius 1 is 1.14 bits per heavy atom. The van der Waals surface area contributed by atoms with Gasteiger partial charge in [-0.05, 0) is 50.1 Å². The summed E-state index contributed by atoms with van der Waals surface area (Å²) < 4.78 is 22.9. The lowest BCUT2D eigenvalue weighted by atomic mass is 10.1. The first-order chi connectivity index (χ1) is 9.97. The molecule has 114 valence electrons. The zero-order chi connectivity index (χ0) is 15.0. The van der Waals surface area contributed by atoms with E-state index in [0.29, 0.717) is 11.6 Å². The highest BCUT2D eigenvalue weighted by molar-refractivity contribution is 7.90. The number of carbonyl (C=O) groups is 1. The van der Waals surface area contributed by atoms with Crippen LogP contribution in [-0.4, -0.2) is 50.7 Å². The Morgan fingerprint density at radius 3 is 2.48 bits per heavy atom. The Balaban J connectivity index is 1.85. The maximum Gasteiger partial charge on any atom is 0.254 e. The molecule has 0 spiro atoms. The second kappa shape index (κ2) is 5.42. The first kappa shape index (κ1) is 14.5. The van der Waals surface area contributed by atoms with Crippen LogP contribution in [0.3, 0.4) is 0 Å². The van der Waals surface area contributed by atoms with Gasteiger partial charge in [0.15, 0.2) is 9.84 Å². The SMILES string of the molecule is CS(=O)(=O)c1ccc(C(=O)N2C3CCNCC2CC3)cc1. The molecule has 5 nitrogen and oxygen atoms in total. The number of nitrogens with one attached hydrogen (secondary N) is 1. The standard InChI is InChI=1S/C15H20N2O3S/c1-21(19,20)14-6-2-11(3-7-14)15(18)17-12-4-5-13(17)10-16-9-8-12/h2-3,6-7,12-13,16H,4-5,8-10H2,1H3. The molecule has 2 heterocycles. The monoisotopic (exact) mass is 308 g/mol. The van der Waals surface area contributed by atoms with Crippen molar-refractivity contribution in [2.24, 2.45) is 0 Å². The number of rotatable bonds is 2. The predicted molar refractivity (Wildman–Crippen MR) is 80.0 cm³/mol. The largest absolute Gasteiger partial charge is 0.331 e. The minimum Gasteiger partial charge on any atom is -0.331 e. The summed E-state index contributed by atoms with van der Waals surface area (Å²) in [6.07, 6.45) is 4.28. The third-order valence-electron chi connectivity index (χ3n) is 4.42. The van der Waals surface area contributed by atoms with E-state index >= 15 is 0 Å². The molecule has 2 saturated heterocycles. The molecule has 2 aliphatic heterocycles. The first-order valence-corrected chi connectivity index (χ1v) is 9.19. The maximum absolute atomic E-state index is 12.7. The van der Waals surface area contributed by atoms with Gasteiger partial charge in [0.1, 0.15) is 0 Å². The van der Waals surface area contributed by atoms with Gasteiger partial charge in [0.25, 0.3) is 5.91 Å². The molecule has 0 aromatic heterocycles. The number of carbonyl (C=O) groups excluding carboxylic acids is 1. The van der Waals surface area contributed by atoms with Gasteiger partial charge in [-0.3, -0.25) is 4.79 Å². The molecule has 0 aliphatic carbocycles. The van der Waals surface area contributed by atoms with Crippen molar-refractivity contribution in [2.45, 2.75) is 36.2 Å². The fourth-order valence-corrected chi connectivity index (χ4v) is 3.94. The third kappa shape index (κ3) is 2.82. The normalized spacial score (nSPS) is 25.7. The van der Waals surface area contributed by atoms with E-state index in [1.807, 2.05) is 4.90 Å². The summed E-state index contributed by atoms with van der Waals surface area (Å²) in [7, 11) is -3.22. The molecule has 0 saturated carbocycles. The number of fused-ring (bicyclic) bond motifs is 2. The van der Waals surface area contributed by atoms with Crippen LogP contribution in [0, 0.1) is 0 Å². The molecule has 2 aliphatic rings. The fraction of sp³-hybridized carbons (Fsp3) is 0.533. The summed E-state index contributed by atoms with van der Waals surface area (Å²) >= 11 is 0. The van der Waals surface area contributed by atoms with Crippen molar-refractivity contribution in [3.8, 4) is 0 Å². The summed E-state index contributed by atoms with van der Waals surface area (Å²) in [5.41, 5.74) is 0.571. The van der Waals surface area contributed by atoms with Crippen molar-refractivity contribution in [3.63, 3.8) is 0 Å². The van der Waals surface area contributed by atoms with Crippen molar-refractivity contribution in [1.29, 1.82) is 0 Å². The highest BCUT2D eigenvalue weighted by atomic mass is 32.2. The van der Waals surface area contributed by atoms with Crippen LogP contribution < -0.4 is 5.32 Å². The van der Waals surface area contributed by atoms with Gasteiger partial charge in [-0.25, -0.2) is 8.42 Å².